The summed E-state index contributed by atoms with van der Waals surface area (Å²) in [7, 11) is -3.65. The fourth-order valence-corrected chi connectivity index (χ4v) is 5.76. The number of sulfonamides is 1. The van der Waals surface area contributed by atoms with Crippen LogP contribution in [0.15, 0.2) is 12.1 Å². The highest BCUT2D eigenvalue weighted by Crippen LogP contribution is 2.34. The summed E-state index contributed by atoms with van der Waals surface area (Å²) in [6.07, 6.45) is 3.51. The second-order valence-electron chi connectivity index (χ2n) is 6.21. The lowest BCUT2D eigenvalue weighted by molar-refractivity contribution is -0.146. The average Bonchev–Trinajstić information content (AvgIpc) is 2.49. The minimum Gasteiger partial charge on any atom is -0.424 e. The van der Waals surface area contributed by atoms with E-state index in [4.69, 9.17) is 4.74 Å². The van der Waals surface area contributed by atoms with Gasteiger partial charge in [-0.15, -0.1) is 0 Å². The first-order valence-corrected chi connectivity index (χ1v) is 11.8. The van der Waals surface area contributed by atoms with E-state index in [2.05, 4.69) is 45.2 Å². The third kappa shape index (κ3) is 5.78. The topological polar surface area (TPSA) is 89.5 Å². The molecular weight excluding hydrogens is 572 g/mol. The quantitative estimate of drug-likeness (QED) is 0.331. The lowest BCUT2D eigenvalue weighted by Crippen LogP contribution is -2.43. The molecule has 0 saturated heterocycles. The Kier molecular flexibility index (Phi) is 7.10. The summed E-state index contributed by atoms with van der Waals surface area (Å²) in [5.41, 5.74) is 1.07. The molecular formula is C16H19I2NO5S. The number of halogens is 2. The molecule has 9 heteroatoms. The van der Waals surface area contributed by atoms with Crippen LogP contribution in [-0.2, 0) is 19.6 Å². The van der Waals surface area contributed by atoms with Crippen LogP contribution >= 0.6 is 45.2 Å². The number of nitrogens with one attached hydrogen (secondary N) is 1. The molecule has 0 aromatic heterocycles. The Hall–Kier alpha value is -0.430. The molecule has 138 valence electrons. The molecule has 0 spiro atoms. The standard InChI is InChI=1S/C16H19I2NO5S/c1-9-7-12(17)14(13(18)8-9)24-16(21)11-6-4-3-5-10(11)15(20)19-25(2,22)23/h7-8,10-11H,3-6H2,1-2H3,(H,19,20). The van der Waals surface area contributed by atoms with Gasteiger partial charge in [-0.25, -0.2) is 8.42 Å². The number of carbonyl (C=O) groups excluding carboxylic acids is 2. The number of ether oxygens (including phenoxy) is 1. The summed E-state index contributed by atoms with van der Waals surface area (Å²) < 4.78 is 31.9. The van der Waals surface area contributed by atoms with Crippen molar-refractivity contribution in [2.75, 3.05) is 6.26 Å². The van der Waals surface area contributed by atoms with Crippen LogP contribution in [0.1, 0.15) is 31.2 Å². The number of hydrogen-bond donors (Lipinski definition) is 1. The second kappa shape index (κ2) is 8.51. The molecule has 1 amide bonds. The van der Waals surface area contributed by atoms with Crippen LogP contribution in [0.25, 0.3) is 0 Å². The smallest absolute Gasteiger partial charge is 0.315 e. The number of rotatable bonds is 4. The fraction of sp³-hybridized carbons (Fsp3) is 0.500. The number of benzene rings is 1. The maximum Gasteiger partial charge on any atom is 0.315 e. The van der Waals surface area contributed by atoms with Crippen molar-refractivity contribution in [1.82, 2.24) is 4.72 Å². The molecule has 1 saturated carbocycles. The van der Waals surface area contributed by atoms with Gasteiger partial charge in [-0.2, -0.15) is 0 Å². The summed E-state index contributed by atoms with van der Waals surface area (Å²) in [6, 6.07) is 3.83. The molecule has 0 aliphatic heterocycles. The van der Waals surface area contributed by atoms with Crippen molar-refractivity contribution >= 4 is 67.1 Å². The molecule has 1 aliphatic rings. The highest BCUT2D eigenvalue weighted by molar-refractivity contribution is 14.1. The summed E-state index contributed by atoms with van der Waals surface area (Å²) >= 11 is 4.22. The lowest BCUT2D eigenvalue weighted by atomic mass is 9.79. The average molecular weight is 591 g/mol. The molecule has 1 aromatic rings. The van der Waals surface area contributed by atoms with Gasteiger partial charge >= 0.3 is 5.97 Å². The summed E-state index contributed by atoms with van der Waals surface area (Å²) in [6.45, 7) is 1.96. The molecule has 2 rings (SSSR count). The zero-order chi connectivity index (χ0) is 18.8. The third-order valence-corrected chi connectivity index (χ3v) is 6.21. The SMILES string of the molecule is Cc1cc(I)c(OC(=O)C2CCCCC2C(=O)NS(C)(=O)=O)c(I)c1. The number of carbonyl (C=O) groups is 2. The second-order valence-corrected chi connectivity index (χ2v) is 10.3. The lowest BCUT2D eigenvalue weighted by Gasteiger charge is -2.28. The van der Waals surface area contributed by atoms with E-state index in [9.17, 15) is 18.0 Å². The van der Waals surface area contributed by atoms with Crippen molar-refractivity contribution in [1.29, 1.82) is 0 Å². The Morgan fingerprint density at radius 3 is 2.16 bits per heavy atom. The van der Waals surface area contributed by atoms with Crippen LogP contribution in [0.3, 0.4) is 0 Å². The molecule has 1 aromatic carbocycles. The predicted molar refractivity (Wildman–Crippen MR) is 111 cm³/mol. The Morgan fingerprint density at radius 1 is 1.12 bits per heavy atom. The Bertz CT molecular complexity index is 771. The van der Waals surface area contributed by atoms with Crippen molar-refractivity contribution in [3.05, 3.63) is 24.8 Å². The van der Waals surface area contributed by atoms with E-state index in [0.717, 1.165) is 31.8 Å². The predicted octanol–water partition coefficient (Wildman–Crippen LogP) is 2.99. The number of esters is 1. The first kappa shape index (κ1) is 20.9. The zero-order valence-electron chi connectivity index (χ0n) is 13.8. The van der Waals surface area contributed by atoms with Gasteiger partial charge in [0.05, 0.1) is 25.2 Å². The van der Waals surface area contributed by atoms with E-state index >= 15 is 0 Å². The molecule has 0 bridgehead atoms. The van der Waals surface area contributed by atoms with Crippen molar-refractivity contribution < 1.29 is 22.7 Å². The normalized spacial score (nSPS) is 20.8. The largest absolute Gasteiger partial charge is 0.424 e. The maximum absolute atomic E-state index is 12.7. The van der Waals surface area contributed by atoms with E-state index in [-0.39, 0.29) is 0 Å². The van der Waals surface area contributed by atoms with Gasteiger partial charge < -0.3 is 4.74 Å². The molecule has 0 heterocycles. The van der Waals surface area contributed by atoms with Gasteiger partial charge in [0, 0.05) is 0 Å². The number of aryl methyl sites for hydroxylation is 1. The first-order valence-electron chi connectivity index (χ1n) is 7.77. The van der Waals surface area contributed by atoms with Gasteiger partial charge in [0.2, 0.25) is 15.9 Å². The first-order chi connectivity index (χ1) is 11.6. The van der Waals surface area contributed by atoms with E-state index in [1.807, 2.05) is 23.8 Å². The van der Waals surface area contributed by atoms with Crippen LogP contribution in [0.5, 0.6) is 5.75 Å². The van der Waals surface area contributed by atoms with E-state index in [0.29, 0.717) is 18.6 Å². The number of amides is 1. The summed E-state index contributed by atoms with van der Waals surface area (Å²) in [4.78, 5) is 24.9. The van der Waals surface area contributed by atoms with Crippen molar-refractivity contribution in [2.24, 2.45) is 11.8 Å². The van der Waals surface area contributed by atoms with Gasteiger partial charge in [0.15, 0.2) is 5.75 Å². The molecule has 6 nitrogen and oxygen atoms in total. The van der Waals surface area contributed by atoms with Gasteiger partial charge in [-0.3, -0.25) is 14.3 Å². The highest BCUT2D eigenvalue weighted by Gasteiger charge is 2.38. The monoisotopic (exact) mass is 591 g/mol. The zero-order valence-corrected chi connectivity index (χ0v) is 19.0. The van der Waals surface area contributed by atoms with Gasteiger partial charge in [-0.1, -0.05) is 12.8 Å². The van der Waals surface area contributed by atoms with Crippen LogP contribution in [0, 0.1) is 25.9 Å². The van der Waals surface area contributed by atoms with E-state index in [1.54, 1.807) is 0 Å². The van der Waals surface area contributed by atoms with Crippen molar-refractivity contribution in [2.45, 2.75) is 32.6 Å². The van der Waals surface area contributed by atoms with Gasteiger partial charge in [-0.05, 0) is 82.6 Å². The summed E-state index contributed by atoms with van der Waals surface area (Å²) in [5, 5.41) is 0. The molecule has 25 heavy (non-hydrogen) atoms. The molecule has 1 N–H and O–H groups in total. The molecule has 2 atom stereocenters. The Labute approximate surface area is 174 Å². The maximum atomic E-state index is 12.7. The van der Waals surface area contributed by atoms with E-state index in [1.165, 1.54) is 0 Å². The minimum absolute atomic E-state index is 0.475. The molecule has 1 aliphatic carbocycles. The fourth-order valence-electron chi connectivity index (χ4n) is 2.95. The Morgan fingerprint density at radius 2 is 1.64 bits per heavy atom. The van der Waals surface area contributed by atoms with E-state index < -0.39 is 33.7 Å². The summed E-state index contributed by atoms with van der Waals surface area (Å²) in [5.74, 6) is -1.93. The molecule has 2 unspecified atom stereocenters. The van der Waals surface area contributed by atoms with Crippen LogP contribution in [0.4, 0.5) is 0 Å². The molecule has 1 fully saturated rings. The van der Waals surface area contributed by atoms with Crippen molar-refractivity contribution in [3.63, 3.8) is 0 Å². The van der Waals surface area contributed by atoms with Crippen LogP contribution in [-0.4, -0.2) is 26.6 Å². The van der Waals surface area contributed by atoms with Gasteiger partial charge in [0.1, 0.15) is 0 Å². The van der Waals surface area contributed by atoms with Crippen LogP contribution in [0.2, 0.25) is 0 Å². The van der Waals surface area contributed by atoms with Crippen molar-refractivity contribution in [3.8, 4) is 5.75 Å². The highest BCUT2D eigenvalue weighted by atomic mass is 127. The van der Waals surface area contributed by atoms with Gasteiger partial charge in [0.25, 0.3) is 0 Å². The third-order valence-electron chi connectivity index (χ3n) is 4.04. The van der Waals surface area contributed by atoms with Crippen LogP contribution < -0.4 is 9.46 Å². The molecule has 0 radical (unpaired) electrons. The minimum atomic E-state index is -3.65. The Balaban J connectivity index is 2.20. The number of hydrogen-bond acceptors (Lipinski definition) is 5.